The normalized spacial score (nSPS) is 12.2. The molecule has 7 heteroatoms. The summed E-state index contributed by atoms with van der Waals surface area (Å²) in [6.07, 6.45) is 1.43. The lowest BCUT2D eigenvalue weighted by molar-refractivity contribution is -0.385. The van der Waals surface area contributed by atoms with Crippen LogP contribution in [-0.4, -0.2) is 29.1 Å². The minimum absolute atomic E-state index is 0.0425. The van der Waals surface area contributed by atoms with Gasteiger partial charge in [-0.15, -0.1) is 0 Å². The molecule has 0 heterocycles. The largest absolute Gasteiger partial charge is 0.398 e. The number of aliphatic hydroxyl groups excluding tert-OH is 1. The number of carbonyl (C=O) groups excluding carboxylic acids is 1. The second kappa shape index (κ2) is 8.33. The van der Waals surface area contributed by atoms with Crippen molar-refractivity contribution >= 4 is 17.3 Å². The summed E-state index contributed by atoms with van der Waals surface area (Å²) in [7, 11) is 0. The van der Waals surface area contributed by atoms with Gasteiger partial charge in [0, 0.05) is 19.2 Å². The van der Waals surface area contributed by atoms with Crippen molar-refractivity contribution in [3.8, 4) is 0 Å². The lowest BCUT2D eigenvalue weighted by Gasteiger charge is -2.18. The van der Waals surface area contributed by atoms with E-state index < -0.39 is 10.8 Å². The van der Waals surface area contributed by atoms with Gasteiger partial charge >= 0.3 is 0 Å². The summed E-state index contributed by atoms with van der Waals surface area (Å²) in [5.41, 5.74) is 5.36. The second-order valence-corrected chi connectivity index (χ2v) is 5.72. The highest BCUT2D eigenvalue weighted by atomic mass is 16.6. The first kappa shape index (κ1) is 17.9. The summed E-state index contributed by atoms with van der Waals surface area (Å²) < 4.78 is 0. The summed E-state index contributed by atoms with van der Waals surface area (Å²) in [6, 6.07) is 4.16. The molecule has 122 valence electrons. The van der Waals surface area contributed by atoms with Gasteiger partial charge in [0.2, 0.25) is 0 Å². The molecule has 1 unspecified atom stereocenters. The average Bonchev–Trinajstić information content (AvgIpc) is 2.43. The van der Waals surface area contributed by atoms with E-state index in [0.717, 1.165) is 6.42 Å². The van der Waals surface area contributed by atoms with E-state index in [9.17, 15) is 14.9 Å². The zero-order valence-corrected chi connectivity index (χ0v) is 12.9. The van der Waals surface area contributed by atoms with Crippen LogP contribution in [0.15, 0.2) is 18.2 Å². The van der Waals surface area contributed by atoms with E-state index in [1.807, 2.05) is 0 Å². The van der Waals surface area contributed by atoms with Crippen LogP contribution in [0.5, 0.6) is 0 Å². The monoisotopic (exact) mass is 309 g/mol. The molecule has 0 fully saturated rings. The van der Waals surface area contributed by atoms with Crippen molar-refractivity contribution in [2.24, 2.45) is 11.8 Å². The van der Waals surface area contributed by atoms with Crippen LogP contribution < -0.4 is 11.1 Å². The molecule has 1 rings (SSSR count). The van der Waals surface area contributed by atoms with Gasteiger partial charge in [-0.2, -0.15) is 0 Å². The Morgan fingerprint density at radius 3 is 2.68 bits per heavy atom. The van der Waals surface area contributed by atoms with E-state index in [4.69, 9.17) is 10.8 Å². The van der Waals surface area contributed by atoms with Gasteiger partial charge in [0.05, 0.1) is 10.6 Å². The van der Waals surface area contributed by atoms with Crippen LogP contribution in [-0.2, 0) is 0 Å². The molecule has 1 amide bonds. The van der Waals surface area contributed by atoms with Crippen LogP contribution in [0.1, 0.15) is 37.0 Å². The standard InChI is InChI=1S/C15H23N3O4/c1-10(2)8-11(6-7-19)9-17-15(20)14-12(16)4-3-5-13(14)18(21)22/h3-5,10-11,19H,6-9,16H2,1-2H3,(H,17,20). The molecule has 0 aliphatic rings. The van der Waals surface area contributed by atoms with Gasteiger partial charge in [0.15, 0.2) is 0 Å². The number of nitrogens with one attached hydrogen (secondary N) is 1. The van der Waals surface area contributed by atoms with E-state index in [-0.39, 0.29) is 29.5 Å². The topological polar surface area (TPSA) is 118 Å². The summed E-state index contributed by atoms with van der Waals surface area (Å²) in [4.78, 5) is 22.6. The number of nitro groups is 1. The summed E-state index contributed by atoms with van der Waals surface area (Å²) in [6.45, 7) is 4.52. The van der Waals surface area contributed by atoms with Crippen molar-refractivity contribution in [1.29, 1.82) is 0 Å². The molecular weight excluding hydrogens is 286 g/mol. The average molecular weight is 309 g/mol. The number of carbonyl (C=O) groups is 1. The summed E-state index contributed by atoms with van der Waals surface area (Å²) in [5, 5.41) is 22.8. The Balaban J connectivity index is 2.82. The Hall–Kier alpha value is -2.15. The zero-order valence-electron chi connectivity index (χ0n) is 12.9. The lowest BCUT2D eigenvalue weighted by atomic mass is 9.94. The highest BCUT2D eigenvalue weighted by molar-refractivity contribution is 6.03. The molecule has 7 nitrogen and oxygen atoms in total. The van der Waals surface area contributed by atoms with Crippen molar-refractivity contribution in [2.45, 2.75) is 26.7 Å². The van der Waals surface area contributed by atoms with Crippen LogP contribution in [0.2, 0.25) is 0 Å². The van der Waals surface area contributed by atoms with Gasteiger partial charge in [0.25, 0.3) is 11.6 Å². The van der Waals surface area contributed by atoms with E-state index in [2.05, 4.69) is 19.2 Å². The number of nitrogens with zero attached hydrogens (tertiary/aromatic N) is 1. The van der Waals surface area contributed by atoms with E-state index in [0.29, 0.717) is 18.9 Å². The van der Waals surface area contributed by atoms with Gasteiger partial charge in [-0.3, -0.25) is 14.9 Å². The molecule has 0 bridgehead atoms. The van der Waals surface area contributed by atoms with Crippen molar-refractivity contribution in [3.05, 3.63) is 33.9 Å². The molecule has 22 heavy (non-hydrogen) atoms. The van der Waals surface area contributed by atoms with Gasteiger partial charge in [-0.05, 0) is 30.7 Å². The minimum atomic E-state index is -0.620. The van der Waals surface area contributed by atoms with Crippen molar-refractivity contribution in [3.63, 3.8) is 0 Å². The predicted octanol–water partition coefficient (Wildman–Crippen LogP) is 1.95. The number of rotatable bonds is 8. The molecule has 1 aromatic carbocycles. The second-order valence-electron chi connectivity index (χ2n) is 5.72. The van der Waals surface area contributed by atoms with E-state index in [1.165, 1.54) is 18.2 Å². The third kappa shape index (κ3) is 5.00. The Bertz CT molecular complexity index is 532. The van der Waals surface area contributed by atoms with Crippen LogP contribution in [0.25, 0.3) is 0 Å². The fourth-order valence-corrected chi connectivity index (χ4v) is 2.43. The first-order valence-corrected chi connectivity index (χ1v) is 7.28. The Kier molecular flexibility index (Phi) is 6.78. The van der Waals surface area contributed by atoms with E-state index in [1.54, 1.807) is 0 Å². The molecule has 0 aliphatic heterocycles. The molecule has 1 aromatic rings. The van der Waals surface area contributed by atoms with Crippen molar-refractivity contribution in [2.75, 3.05) is 18.9 Å². The van der Waals surface area contributed by atoms with Gasteiger partial charge in [0.1, 0.15) is 5.56 Å². The number of benzene rings is 1. The molecule has 0 aromatic heterocycles. The molecule has 4 N–H and O–H groups in total. The van der Waals surface area contributed by atoms with Crippen molar-refractivity contribution in [1.82, 2.24) is 5.32 Å². The molecule has 0 aliphatic carbocycles. The number of amides is 1. The third-order valence-corrected chi connectivity index (χ3v) is 3.39. The highest BCUT2D eigenvalue weighted by Crippen LogP contribution is 2.24. The fourth-order valence-electron chi connectivity index (χ4n) is 2.43. The van der Waals surface area contributed by atoms with Crippen LogP contribution in [0, 0.1) is 22.0 Å². The van der Waals surface area contributed by atoms with Crippen LogP contribution in [0.4, 0.5) is 11.4 Å². The molecule has 0 saturated carbocycles. The lowest BCUT2D eigenvalue weighted by Crippen LogP contribution is -2.31. The minimum Gasteiger partial charge on any atom is -0.398 e. The molecular formula is C15H23N3O4. The number of nitrogen functional groups attached to an aromatic ring is 1. The number of hydrogen-bond acceptors (Lipinski definition) is 5. The summed E-state index contributed by atoms with van der Waals surface area (Å²) >= 11 is 0. The molecule has 1 atom stereocenters. The molecule has 0 spiro atoms. The maximum absolute atomic E-state index is 12.2. The first-order chi connectivity index (χ1) is 10.4. The number of aliphatic hydroxyl groups is 1. The van der Waals surface area contributed by atoms with E-state index >= 15 is 0 Å². The molecule has 0 radical (unpaired) electrons. The Morgan fingerprint density at radius 1 is 1.45 bits per heavy atom. The zero-order chi connectivity index (χ0) is 16.7. The first-order valence-electron chi connectivity index (χ1n) is 7.28. The van der Waals surface area contributed by atoms with Crippen LogP contribution >= 0.6 is 0 Å². The number of nitro benzene ring substituents is 1. The number of hydrogen-bond donors (Lipinski definition) is 3. The maximum atomic E-state index is 12.2. The van der Waals surface area contributed by atoms with Gasteiger partial charge in [-0.25, -0.2) is 0 Å². The Labute approximate surface area is 129 Å². The van der Waals surface area contributed by atoms with Crippen LogP contribution in [0.3, 0.4) is 0 Å². The maximum Gasteiger partial charge on any atom is 0.284 e. The number of nitrogens with two attached hydrogens (primary N) is 1. The third-order valence-electron chi connectivity index (χ3n) is 3.39. The SMILES string of the molecule is CC(C)CC(CCO)CNC(=O)c1c(N)cccc1[N+](=O)[O-]. The predicted molar refractivity (Wildman–Crippen MR) is 84.5 cm³/mol. The van der Waals surface area contributed by atoms with Crippen molar-refractivity contribution < 1.29 is 14.8 Å². The van der Waals surface area contributed by atoms with Gasteiger partial charge < -0.3 is 16.2 Å². The smallest absolute Gasteiger partial charge is 0.284 e. The van der Waals surface area contributed by atoms with Gasteiger partial charge in [-0.1, -0.05) is 19.9 Å². The highest BCUT2D eigenvalue weighted by Gasteiger charge is 2.23. The quantitative estimate of drug-likeness (QED) is 0.385. The number of anilines is 1. The molecule has 0 saturated heterocycles. The fraction of sp³-hybridized carbons (Fsp3) is 0.533. The summed E-state index contributed by atoms with van der Waals surface area (Å²) in [5.74, 6) is -0.000906. The Morgan fingerprint density at radius 2 is 2.14 bits per heavy atom.